The molecule has 1 aliphatic carbocycles. The van der Waals surface area contributed by atoms with Gasteiger partial charge in [-0.1, -0.05) is 24.6 Å². The van der Waals surface area contributed by atoms with Gasteiger partial charge in [0.15, 0.2) is 5.78 Å². The summed E-state index contributed by atoms with van der Waals surface area (Å²) in [7, 11) is 0. The molecular weight excluding hydrogens is 384 g/mol. The average molecular weight is 407 g/mol. The number of fused-ring (bicyclic) bond motifs is 1. The van der Waals surface area contributed by atoms with E-state index in [4.69, 9.17) is 11.6 Å². The molecule has 0 saturated carbocycles. The molecule has 1 unspecified atom stereocenters. The predicted octanol–water partition coefficient (Wildman–Crippen LogP) is 6.00. The lowest BCUT2D eigenvalue weighted by molar-refractivity contribution is 0.0953. The van der Waals surface area contributed by atoms with Crippen molar-refractivity contribution in [3.8, 4) is 0 Å². The number of rotatable bonds is 4. The Morgan fingerprint density at radius 1 is 0.931 bits per heavy atom. The summed E-state index contributed by atoms with van der Waals surface area (Å²) in [5.41, 5.74) is 5.43. The van der Waals surface area contributed by atoms with Gasteiger partial charge in [0.2, 0.25) is 5.95 Å². The zero-order valence-electron chi connectivity index (χ0n) is 16.7. The molecule has 148 valence electrons. The van der Waals surface area contributed by atoms with Crippen molar-refractivity contribution in [2.75, 3.05) is 10.6 Å². The van der Waals surface area contributed by atoms with Crippen molar-refractivity contribution < 1.29 is 4.79 Å². The third-order valence-electron chi connectivity index (χ3n) is 4.92. The SMILES string of the molecule is Cc1cc(C)cc(Nc2nc(Nc3ccc(Cl)cc3)nc3c2C(=O)CC(C)C3)c1. The number of benzene rings is 2. The maximum Gasteiger partial charge on any atom is 0.229 e. The fourth-order valence-electron chi connectivity index (χ4n) is 3.76. The molecule has 0 aliphatic heterocycles. The Kier molecular flexibility index (Phi) is 5.24. The van der Waals surface area contributed by atoms with Crippen molar-refractivity contribution in [1.29, 1.82) is 0 Å². The van der Waals surface area contributed by atoms with Gasteiger partial charge in [-0.25, -0.2) is 4.98 Å². The van der Waals surface area contributed by atoms with Crippen LogP contribution in [0.3, 0.4) is 0 Å². The van der Waals surface area contributed by atoms with E-state index in [-0.39, 0.29) is 11.7 Å². The standard InChI is InChI=1S/C23H23ClN4O/c1-13-8-14(2)10-18(9-13)25-22-21-19(11-15(3)12-20(21)29)27-23(28-22)26-17-6-4-16(24)5-7-17/h4-10,15H,11-12H2,1-3H3,(H2,25,26,27,28). The first-order valence-electron chi connectivity index (χ1n) is 9.69. The van der Waals surface area contributed by atoms with Gasteiger partial charge in [-0.05, 0) is 73.7 Å². The number of hydrogen-bond donors (Lipinski definition) is 2. The summed E-state index contributed by atoms with van der Waals surface area (Å²) in [4.78, 5) is 22.1. The number of anilines is 4. The van der Waals surface area contributed by atoms with E-state index >= 15 is 0 Å². The van der Waals surface area contributed by atoms with Crippen LogP contribution in [-0.2, 0) is 6.42 Å². The van der Waals surface area contributed by atoms with E-state index in [9.17, 15) is 4.79 Å². The van der Waals surface area contributed by atoms with Gasteiger partial charge in [0.1, 0.15) is 5.82 Å². The van der Waals surface area contributed by atoms with Gasteiger partial charge in [-0.15, -0.1) is 0 Å². The van der Waals surface area contributed by atoms with Crippen LogP contribution in [0, 0.1) is 19.8 Å². The Morgan fingerprint density at radius 2 is 1.62 bits per heavy atom. The molecule has 0 spiro atoms. The third kappa shape index (κ3) is 4.40. The Morgan fingerprint density at radius 3 is 2.31 bits per heavy atom. The highest BCUT2D eigenvalue weighted by atomic mass is 35.5. The number of hydrogen-bond acceptors (Lipinski definition) is 5. The topological polar surface area (TPSA) is 66.9 Å². The van der Waals surface area contributed by atoms with E-state index < -0.39 is 0 Å². The van der Waals surface area contributed by atoms with Crippen molar-refractivity contribution in [2.45, 2.75) is 33.6 Å². The fraction of sp³-hybridized carbons (Fsp3) is 0.261. The van der Waals surface area contributed by atoms with E-state index in [0.29, 0.717) is 28.8 Å². The number of halogens is 1. The van der Waals surface area contributed by atoms with Crippen LogP contribution in [0.1, 0.15) is 40.5 Å². The smallest absolute Gasteiger partial charge is 0.229 e. The zero-order chi connectivity index (χ0) is 20.5. The van der Waals surface area contributed by atoms with E-state index in [0.717, 1.165) is 34.6 Å². The van der Waals surface area contributed by atoms with Crippen LogP contribution in [-0.4, -0.2) is 15.8 Å². The van der Waals surface area contributed by atoms with E-state index in [1.807, 2.05) is 50.2 Å². The minimum Gasteiger partial charge on any atom is -0.339 e. The largest absolute Gasteiger partial charge is 0.339 e. The van der Waals surface area contributed by atoms with Crippen LogP contribution in [0.2, 0.25) is 5.02 Å². The molecule has 2 N–H and O–H groups in total. The van der Waals surface area contributed by atoms with Gasteiger partial charge in [-0.2, -0.15) is 4.98 Å². The first-order chi connectivity index (χ1) is 13.9. The van der Waals surface area contributed by atoms with Gasteiger partial charge < -0.3 is 10.6 Å². The Labute approximate surface area is 175 Å². The Bertz CT molecular complexity index is 1060. The summed E-state index contributed by atoms with van der Waals surface area (Å²) in [5.74, 6) is 1.36. The minimum absolute atomic E-state index is 0.0867. The molecule has 6 heteroatoms. The van der Waals surface area contributed by atoms with Gasteiger partial charge in [-0.3, -0.25) is 4.79 Å². The molecule has 1 aromatic heterocycles. The lowest BCUT2D eigenvalue weighted by atomic mass is 9.87. The van der Waals surface area contributed by atoms with E-state index in [2.05, 4.69) is 33.6 Å². The zero-order valence-corrected chi connectivity index (χ0v) is 17.5. The molecule has 0 saturated heterocycles. The summed E-state index contributed by atoms with van der Waals surface area (Å²) in [5, 5.41) is 7.25. The first kappa shape index (κ1) is 19.4. The Balaban J connectivity index is 1.76. The molecule has 1 atom stereocenters. The van der Waals surface area contributed by atoms with Crippen LogP contribution < -0.4 is 10.6 Å². The van der Waals surface area contributed by atoms with Crippen LogP contribution >= 0.6 is 11.6 Å². The van der Waals surface area contributed by atoms with Crippen molar-refractivity contribution >= 4 is 40.5 Å². The summed E-state index contributed by atoms with van der Waals surface area (Å²) in [6.07, 6.45) is 1.27. The number of nitrogens with zero attached hydrogens (tertiary/aromatic N) is 2. The fourth-order valence-corrected chi connectivity index (χ4v) is 3.89. The molecule has 0 bridgehead atoms. The number of Topliss-reactive ketones (excluding diaryl/α,β-unsaturated/α-hetero) is 1. The molecule has 5 nitrogen and oxygen atoms in total. The summed E-state index contributed by atoms with van der Waals surface area (Å²) in [6, 6.07) is 13.6. The molecule has 2 aromatic carbocycles. The maximum atomic E-state index is 12.8. The first-order valence-corrected chi connectivity index (χ1v) is 10.1. The number of aromatic nitrogens is 2. The molecule has 4 rings (SSSR count). The Hall–Kier alpha value is -2.92. The van der Waals surface area contributed by atoms with Crippen LogP contribution in [0.15, 0.2) is 42.5 Å². The number of carbonyl (C=O) groups is 1. The van der Waals surface area contributed by atoms with Crippen molar-refractivity contribution in [3.63, 3.8) is 0 Å². The lowest BCUT2D eigenvalue weighted by Gasteiger charge is -2.23. The molecular formula is C23H23ClN4O. The number of aryl methyl sites for hydroxylation is 2. The summed E-state index contributed by atoms with van der Waals surface area (Å²) in [6.45, 7) is 6.17. The molecule has 1 heterocycles. The predicted molar refractivity (Wildman–Crippen MR) is 118 cm³/mol. The normalized spacial score (nSPS) is 15.7. The average Bonchev–Trinajstić information content (AvgIpc) is 2.62. The van der Waals surface area contributed by atoms with Crippen LogP contribution in [0.4, 0.5) is 23.1 Å². The van der Waals surface area contributed by atoms with Gasteiger partial charge in [0.05, 0.1) is 11.3 Å². The van der Waals surface area contributed by atoms with E-state index in [1.165, 1.54) is 0 Å². The molecule has 29 heavy (non-hydrogen) atoms. The second-order valence-corrected chi connectivity index (χ2v) is 8.22. The summed E-state index contributed by atoms with van der Waals surface area (Å²) < 4.78 is 0. The highest BCUT2D eigenvalue weighted by Gasteiger charge is 2.28. The van der Waals surface area contributed by atoms with Gasteiger partial charge in [0.25, 0.3) is 0 Å². The lowest BCUT2D eigenvalue weighted by Crippen LogP contribution is -2.22. The highest BCUT2D eigenvalue weighted by molar-refractivity contribution is 6.30. The van der Waals surface area contributed by atoms with Crippen molar-refractivity contribution in [2.24, 2.45) is 5.92 Å². The molecule has 0 fully saturated rings. The van der Waals surface area contributed by atoms with Gasteiger partial charge >= 0.3 is 0 Å². The molecule has 0 amide bonds. The van der Waals surface area contributed by atoms with Crippen molar-refractivity contribution in [3.05, 3.63) is 69.9 Å². The van der Waals surface area contributed by atoms with E-state index in [1.54, 1.807) is 0 Å². The second-order valence-electron chi connectivity index (χ2n) is 7.79. The maximum absolute atomic E-state index is 12.8. The molecule has 1 aliphatic rings. The number of nitrogens with one attached hydrogen (secondary N) is 2. The molecule has 0 radical (unpaired) electrons. The minimum atomic E-state index is 0.0867. The monoisotopic (exact) mass is 406 g/mol. The number of carbonyl (C=O) groups excluding carboxylic acids is 1. The highest BCUT2D eigenvalue weighted by Crippen LogP contribution is 2.32. The number of ketones is 1. The van der Waals surface area contributed by atoms with Gasteiger partial charge in [0, 0.05) is 22.8 Å². The second kappa shape index (κ2) is 7.84. The summed E-state index contributed by atoms with van der Waals surface area (Å²) >= 11 is 5.98. The van der Waals surface area contributed by atoms with Crippen LogP contribution in [0.5, 0.6) is 0 Å². The quantitative estimate of drug-likeness (QED) is 0.556. The van der Waals surface area contributed by atoms with Crippen LogP contribution in [0.25, 0.3) is 0 Å². The third-order valence-corrected chi connectivity index (χ3v) is 5.18. The molecule has 3 aromatic rings. The van der Waals surface area contributed by atoms with Crippen molar-refractivity contribution in [1.82, 2.24) is 9.97 Å².